The van der Waals surface area contributed by atoms with Gasteiger partial charge in [0, 0.05) is 23.5 Å². The number of benzene rings is 1. The number of hydrogen-bond acceptors (Lipinski definition) is 3. The zero-order valence-electron chi connectivity index (χ0n) is 10.2. The van der Waals surface area contributed by atoms with Crippen molar-refractivity contribution in [3.63, 3.8) is 0 Å². The highest BCUT2D eigenvalue weighted by atomic mass is 35.5. The van der Waals surface area contributed by atoms with Gasteiger partial charge in [-0.05, 0) is 36.8 Å². The smallest absolute Gasteiger partial charge is 0.308 e. The van der Waals surface area contributed by atoms with Gasteiger partial charge in [-0.3, -0.25) is 4.79 Å². The third-order valence-electron chi connectivity index (χ3n) is 3.50. The van der Waals surface area contributed by atoms with E-state index in [-0.39, 0.29) is 5.92 Å². The zero-order chi connectivity index (χ0) is 13.4. The first-order valence-corrected chi connectivity index (χ1v) is 6.55. The van der Waals surface area contributed by atoms with Crippen molar-refractivity contribution in [3.05, 3.63) is 35.4 Å². The maximum absolute atomic E-state index is 11.0. The molecule has 0 unspecified atom stereocenters. The number of carboxylic acids is 1. The number of carboxylic acid groups (broad SMARTS) is 1. The third kappa shape index (κ3) is 2.36. The van der Waals surface area contributed by atoms with Crippen LogP contribution in [0.3, 0.4) is 0 Å². The fourth-order valence-electron chi connectivity index (χ4n) is 2.43. The first kappa shape index (κ1) is 12.2. The van der Waals surface area contributed by atoms with E-state index in [0.29, 0.717) is 18.0 Å². The van der Waals surface area contributed by atoms with Crippen LogP contribution in [-0.4, -0.2) is 29.1 Å². The summed E-state index contributed by atoms with van der Waals surface area (Å²) >= 11 is 5.94. The molecular weight excluding hydrogens is 264 g/mol. The van der Waals surface area contributed by atoms with Crippen molar-refractivity contribution in [1.29, 1.82) is 0 Å². The standard InChI is InChI=1S/C14H13ClN2O2/c15-11-2-3-12-9(7-11)1-4-13(16-12)17-6-5-10(8-17)14(18)19/h1-4,7,10H,5-6,8H2,(H,18,19)/t10-/m1/s1. The second-order valence-electron chi connectivity index (χ2n) is 4.78. The molecule has 0 radical (unpaired) electrons. The minimum Gasteiger partial charge on any atom is -0.481 e. The highest BCUT2D eigenvalue weighted by Gasteiger charge is 2.28. The summed E-state index contributed by atoms with van der Waals surface area (Å²) in [5.74, 6) is -0.184. The van der Waals surface area contributed by atoms with E-state index in [1.165, 1.54) is 0 Å². The second kappa shape index (κ2) is 4.70. The fourth-order valence-corrected chi connectivity index (χ4v) is 2.61. The monoisotopic (exact) mass is 276 g/mol. The van der Waals surface area contributed by atoms with Crippen molar-refractivity contribution in [2.45, 2.75) is 6.42 Å². The molecule has 0 spiro atoms. The molecule has 5 heteroatoms. The lowest BCUT2D eigenvalue weighted by Crippen LogP contribution is -2.23. The molecule has 0 amide bonds. The van der Waals surface area contributed by atoms with Crippen molar-refractivity contribution in [3.8, 4) is 0 Å². The minimum atomic E-state index is -0.727. The molecule has 0 bridgehead atoms. The quantitative estimate of drug-likeness (QED) is 0.916. The molecule has 2 aromatic rings. The number of anilines is 1. The van der Waals surface area contributed by atoms with Crippen LogP contribution >= 0.6 is 11.6 Å². The third-order valence-corrected chi connectivity index (χ3v) is 3.73. The van der Waals surface area contributed by atoms with Gasteiger partial charge in [0.2, 0.25) is 0 Å². The molecule has 1 saturated heterocycles. The van der Waals surface area contributed by atoms with Crippen molar-refractivity contribution >= 4 is 34.3 Å². The lowest BCUT2D eigenvalue weighted by atomic mass is 10.1. The SMILES string of the molecule is O=C(O)[C@@H]1CCN(c2ccc3cc(Cl)ccc3n2)C1. The van der Waals surface area contributed by atoms with Crippen molar-refractivity contribution in [2.24, 2.45) is 5.92 Å². The van der Waals surface area contributed by atoms with E-state index in [1.807, 2.05) is 35.2 Å². The molecule has 19 heavy (non-hydrogen) atoms. The molecule has 1 N–H and O–H groups in total. The van der Waals surface area contributed by atoms with E-state index in [1.54, 1.807) is 0 Å². The van der Waals surface area contributed by atoms with Crippen molar-refractivity contribution in [1.82, 2.24) is 4.98 Å². The Morgan fingerprint density at radius 3 is 2.95 bits per heavy atom. The average Bonchev–Trinajstić information content (AvgIpc) is 2.88. The predicted octanol–water partition coefficient (Wildman–Crippen LogP) is 2.80. The molecular formula is C14H13ClN2O2. The largest absolute Gasteiger partial charge is 0.481 e. The number of carbonyl (C=O) groups is 1. The van der Waals surface area contributed by atoms with Crippen LogP contribution in [0.4, 0.5) is 5.82 Å². The van der Waals surface area contributed by atoms with Gasteiger partial charge in [0.05, 0.1) is 11.4 Å². The van der Waals surface area contributed by atoms with Gasteiger partial charge < -0.3 is 10.0 Å². The highest BCUT2D eigenvalue weighted by molar-refractivity contribution is 6.31. The first-order chi connectivity index (χ1) is 9.13. The van der Waals surface area contributed by atoms with Gasteiger partial charge in [-0.1, -0.05) is 11.6 Å². The maximum atomic E-state index is 11.0. The summed E-state index contributed by atoms with van der Waals surface area (Å²) in [6.07, 6.45) is 0.676. The normalized spacial score (nSPS) is 19.0. The Bertz CT molecular complexity index is 644. The summed E-state index contributed by atoms with van der Waals surface area (Å²) in [7, 11) is 0. The van der Waals surface area contributed by atoms with E-state index in [9.17, 15) is 4.79 Å². The van der Waals surface area contributed by atoms with Crippen LogP contribution in [0.1, 0.15) is 6.42 Å². The summed E-state index contributed by atoms with van der Waals surface area (Å²) in [6, 6.07) is 9.45. The molecule has 0 saturated carbocycles. The summed E-state index contributed by atoms with van der Waals surface area (Å²) in [5, 5.41) is 10.7. The van der Waals surface area contributed by atoms with Crippen LogP contribution in [0.5, 0.6) is 0 Å². The molecule has 4 nitrogen and oxygen atoms in total. The lowest BCUT2D eigenvalue weighted by molar-refractivity contribution is -0.140. The molecule has 1 aromatic carbocycles. The Morgan fingerprint density at radius 2 is 2.21 bits per heavy atom. The lowest BCUT2D eigenvalue weighted by Gasteiger charge is -2.17. The summed E-state index contributed by atoms with van der Waals surface area (Å²) in [6.45, 7) is 1.27. The van der Waals surface area contributed by atoms with Gasteiger partial charge in [0.25, 0.3) is 0 Å². The summed E-state index contributed by atoms with van der Waals surface area (Å²) in [5.41, 5.74) is 0.876. The Labute approximate surface area is 115 Å². The fraction of sp³-hybridized carbons (Fsp3) is 0.286. The molecule has 1 aliphatic heterocycles. The first-order valence-electron chi connectivity index (χ1n) is 6.17. The Hall–Kier alpha value is -1.81. The number of hydrogen-bond donors (Lipinski definition) is 1. The van der Waals surface area contributed by atoms with Gasteiger partial charge >= 0.3 is 5.97 Å². The second-order valence-corrected chi connectivity index (χ2v) is 5.21. The van der Waals surface area contributed by atoms with E-state index in [0.717, 1.165) is 23.3 Å². The summed E-state index contributed by atoms with van der Waals surface area (Å²) in [4.78, 5) is 17.6. The van der Waals surface area contributed by atoms with E-state index in [4.69, 9.17) is 16.7 Å². The van der Waals surface area contributed by atoms with Crippen LogP contribution in [0.2, 0.25) is 5.02 Å². The molecule has 1 aliphatic rings. The molecule has 0 aliphatic carbocycles. The molecule has 1 fully saturated rings. The van der Waals surface area contributed by atoms with Gasteiger partial charge in [-0.15, -0.1) is 0 Å². The number of halogens is 1. The van der Waals surface area contributed by atoms with E-state index < -0.39 is 5.97 Å². The zero-order valence-corrected chi connectivity index (χ0v) is 11.0. The molecule has 1 aromatic heterocycles. The van der Waals surface area contributed by atoms with Gasteiger partial charge in [0.15, 0.2) is 0 Å². The number of aromatic nitrogens is 1. The molecule has 98 valence electrons. The number of aliphatic carboxylic acids is 1. The summed E-state index contributed by atoms with van der Waals surface area (Å²) < 4.78 is 0. The van der Waals surface area contributed by atoms with Gasteiger partial charge in [-0.2, -0.15) is 0 Å². The number of pyridine rings is 1. The predicted molar refractivity (Wildman–Crippen MR) is 74.7 cm³/mol. The van der Waals surface area contributed by atoms with Crippen molar-refractivity contribution < 1.29 is 9.90 Å². The Kier molecular flexibility index (Phi) is 3.03. The van der Waals surface area contributed by atoms with Gasteiger partial charge in [-0.25, -0.2) is 4.98 Å². The molecule has 3 rings (SSSR count). The Balaban J connectivity index is 1.90. The van der Waals surface area contributed by atoms with Crippen LogP contribution in [-0.2, 0) is 4.79 Å². The average molecular weight is 277 g/mol. The topological polar surface area (TPSA) is 53.4 Å². The van der Waals surface area contributed by atoms with Crippen LogP contribution in [0.15, 0.2) is 30.3 Å². The molecule has 2 heterocycles. The highest BCUT2D eigenvalue weighted by Crippen LogP contribution is 2.25. The minimum absolute atomic E-state index is 0.289. The van der Waals surface area contributed by atoms with Crippen LogP contribution < -0.4 is 4.90 Å². The Morgan fingerprint density at radius 1 is 1.37 bits per heavy atom. The van der Waals surface area contributed by atoms with Gasteiger partial charge in [0.1, 0.15) is 5.82 Å². The van der Waals surface area contributed by atoms with Crippen LogP contribution in [0, 0.1) is 5.92 Å². The molecule has 1 atom stereocenters. The number of rotatable bonds is 2. The number of fused-ring (bicyclic) bond motifs is 1. The number of nitrogens with zero attached hydrogens (tertiary/aromatic N) is 2. The van der Waals surface area contributed by atoms with Crippen LogP contribution in [0.25, 0.3) is 10.9 Å². The van der Waals surface area contributed by atoms with E-state index >= 15 is 0 Å². The van der Waals surface area contributed by atoms with E-state index in [2.05, 4.69) is 4.98 Å². The maximum Gasteiger partial charge on any atom is 0.308 e. The van der Waals surface area contributed by atoms with Crippen molar-refractivity contribution in [2.75, 3.05) is 18.0 Å².